The fourth-order valence-corrected chi connectivity index (χ4v) is 4.03. The molecule has 25 heavy (non-hydrogen) atoms. The molecule has 1 saturated carbocycles. The zero-order valence-electron chi connectivity index (χ0n) is 13.4. The molecule has 1 aliphatic heterocycles. The van der Waals surface area contributed by atoms with Gasteiger partial charge >= 0.3 is 5.97 Å². The number of carboxylic acids is 1. The van der Waals surface area contributed by atoms with Gasteiger partial charge in [-0.3, -0.25) is 4.79 Å². The van der Waals surface area contributed by atoms with Crippen LogP contribution in [0.3, 0.4) is 0 Å². The number of aromatic carboxylic acids is 1. The van der Waals surface area contributed by atoms with E-state index in [4.69, 9.17) is 10.5 Å². The molecule has 3 N–H and O–H groups in total. The number of nitrogens with two attached hydrogens (primary N) is 1. The van der Waals surface area contributed by atoms with E-state index in [9.17, 15) is 23.5 Å². The van der Waals surface area contributed by atoms with Gasteiger partial charge in [0.1, 0.15) is 11.1 Å². The van der Waals surface area contributed by atoms with Crippen LogP contribution in [0.15, 0.2) is 11.0 Å². The second-order valence-electron chi connectivity index (χ2n) is 6.81. The number of hydrogen-bond donors (Lipinski definition) is 2. The van der Waals surface area contributed by atoms with E-state index in [1.807, 2.05) is 6.92 Å². The second-order valence-corrected chi connectivity index (χ2v) is 6.81. The summed E-state index contributed by atoms with van der Waals surface area (Å²) in [5, 5.41) is 9.05. The van der Waals surface area contributed by atoms with Gasteiger partial charge in [0.25, 0.3) is 0 Å². The number of carboxylic acid groups (broad SMARTS) is 1. The number of ether oxygens (including phenoxy) is 1. The van der Waals surface area contributed by atoms with Crippen molar-refractivity contribution in [1.82, 2.24) is 4.57 Å². The number of benzene rings is 1. The van der Waals surface area contributed by atoms with Crippen LogP contribution in [-0.2, 0) is 5.54 Å². The van der Waals surface area contributed by atoms with Gasteiger partial charge in [-0.25, -0.2) is 9.18 Å². The first-order valence-corrected chi connectivity index (χ1v) is 8.02. The monoisotopic (exact) mass is 350 g/mol. The highest BCUT2D eigenvalue weighted by Gasteiger charge is 2.47. The maximum Gasteiger partial charge on any atom is 0.341 e. The van der Waals surface area contributed by atoms with Crippen molar-refractivity contribution in [3.8, 4) is 5.75 Å². The fourth-order valence-electron chi connectivity index (χ4n) is 4.03. The molecule has 1 unspecified atom stereocenters. The van der Waals surface area contributed by atoms with Crippen LogP contribution in [0.25, 0.3) is 10.9 Å². The second kappa shape index (κ2) is 4.93. The number of anilines is 1. The van der Waals surface area contributed by atoms with Crippen LogP contribution in [0.5, 0.6) is 5.75 Å². The highest BCUT2D eigenvalue weighted by molar-refractivity contribution is 6.00. The number of rotatable bonds is 1. The average molecular weight is 350 g/mol. The molecule has 1 aromatic carbocycles. The van der Waals surface area contributed by atoms with Crippen molar-refractivity contribution in [3.63, 3.8) is 0 Å². The molecule has 2 heterocycles. The molecule has 0 saturated heterocycles. The van der Waals surface area contributed by atoms with Crippen LogP contribution in [0, 0.1) is 17.6 Å². The van der Waals surface area contributed by atoms with Gasteiger partial charge in [-0.2, -0.15) is 4.39 Å². The van der Waals surface area contributed by atoms with Crippen LogP contribution in [0.4, 0.5) is 14.5 Å². The van der Waals surface area contributed by atoms with Crippen molar-refractivity contribution in [3.05, 3.63) is 33.6 Å². The van der Waals surface area contributed by atoms with Crippen LogP contribution in [0.2, 0.25) is 0 Å². The molecular weight excluding hydrogens is 334 g/mol. The van der Waals surface area contributed by atoms with Crippen LogP contribution in [-0.4, -0.2) is 22.2 Å². The van der Waals surface area contributed by atoms with Crippen LogP contribution < -0.4 is 15.9 Å². The van der Waals surface area contributed by atoms with Crippen molar-refractivity contribution in [2.45, 2.75) is 31.7 Å². The molecule has 2 aromatic rings. The summed E-state index contributed by atoms with van der Waals surface area (Å²) >= 11 is 0. The molecule has 0 radical (unpaired) electrons. The molecule has 8 heteroatoms. The summed E-state index contributed by atoms with van der Waals surface area (Å²) in [5.41, 5.74) is 3.05. The molecule has 6 nitrogen and oxygen atoms in total. The summed E-state index contributed by atoms with van der Waals surface area (Å²) in [4.78, 5) is 24.1. The van der Waals surface area contributed by atoms with Crippen molar-refractivity contribution in [2.75, 3.05) is 12.3 Å². The topological polar surface area (TPSA) is 94.6 Å². The van der Waals surface area contributed by atoms with Crippen molar-refractivity contribution in [1.29, 1.82) is 0 Å². The Morgan fingerprint density at radius 3 is 2.64 bits per heavy atom. The Labute approximate surface area is 140 Å². The first-order chi connectivity index (χ1) is 11.8. The van der Waals surface area contributed by atoms with E-state index in [0.717, 1.165) is 19.3 Å². The molecule has 0 bridgehead atoms. The summed E-state index contributed by atoms with van der Waals surface area (Å²) in [6, 6.07) is 0. The van der Waals surface area contributed by atoms with Crippen LogP contribution >= 0.6 is 0 Å². The number of fused-ring (bicyclic) bond motifs is 1. The molecule has 1 spiro atoms. The van der Waals surface area contributed by atoms with Crippen molar-refractivity contribution >= 4 is 22.6 Å². The predicted molar refractivity (Wildman–Crippen MR) is 86.0 cm³/mol. The van der Waals surface area contributed by atoms with Gasteiger partial charge < -0.3 is 20.1 Å². The third-order valence-electron chi connectivity index (χ3n) is 5.65. The molecule has 1 atom stereocenters. The minimum atomic E-state index is -1.44. The number of halogens is 2. The standard InChI is InChI=1S/C17H16F2N2O4/c1-7-6-25-15-11(19)10(18)12(20)9-13(15)21(17(7)3-2-4-17)5-8(14(9)22)16(23)24/h5,7H,2-4,6,20H2,1H3,(H,23,24). The lowest BCUT2D eigenvalue weighted by Crippen LogP contribution is -2.47. The summed E-state index contributed by atoms with van der Waals surface area (Å²) in [7, 11) is 0. The van der Waals surface area contributed by atoms with Gasteiger partial charge in [-0.15, -0.1) is 0 Å². The van der Waals surface area contributed by atoms with Crippen LogP contribution in [0.1, 0.15) is 36.5 Å². The van der Waals surface area contributed by atoms with E-state index in [2.05, 4.69) is 0 Å². The zero-order valence-corrected chi connectivity index (χ0v) is 13.4. The third kappa shape index (κ3) is 1.82. The maximum atomic E-state index is 14.5. The zero-order chi connectivity index (χ0) is 18.1. The number of pyridine rings is 1. The van der Waals surface area contributed by atoms with E-state index in [1.165, 1.54) is 6.20 Å². The first-order valence-electron chi connectivity index (χ1n) is 8.02. The Morgan fingerprint density at radius 1 is 1.40 bits per heavy atom. The van der Waals surface area contributed by atoms with E-state index in [-0.39, 0.29) is 29.2 Å². The Hall–Kier alpha value is -2.64. The van der Waals surface area contributed by atoms with E-state index in [1.54, 1.807) is 4.57 Å². The highest BCUT2D eigenvalue weighted by Crippen LogP contribution is 2.50. The van der Waals surface area contributed by atoms with Crippen molar-refractivity contribution in [2.24, 2.45) is 5.92 Å². The first kappa shape index (κ1) is 15.9. The quantitative estimate of drug-likeness (QED) is 0.771. The van der Waals surface area contributed by atoms with E-state index < -0.39 is 39.8 Å². The summed E-state index contributed by atoms with van der Waals surface area (Å²) in [6.45, 7) is 2.04. The molecule has 1 aromatic heterocycles. The lowest BCUT2D eigenvalue weighted by molar-refractivity contribution is 0.0520. The molecule has 2 aliphatic rings. The van der Waals surface area contributed by atoms with Gasteiger partial charge in [0.15, 0.2) is 11.6 Å². The number of aromatic nitrogens is 1. The summed E-state index contributed by atoms with van der Waals surface area (Å²) < 4.78 is 35.8. The van der Waals surface area contributed by atoms with Gasteiger partial charge in [0, 0.05) is 12.1 Å². The minimum absolute atomic E-state index is 0.0375. The molecule has 1 aliphatic carbocycles. The Bertz CT molecular complexity index is 995. The SMILES string of the molecule is CC1COc2c(F)c(F)c(N)c3c(=O)c(C(=O)O)cn(c23)C12CCC2. The van der Waals surface area contributed by atoms with Crippen molar-refractivity contribution < 1.29 is 23.4 Å². The normalized spacial score (nSPS) is 20.8. The maximum absolute atomic E-state index is 14.5. The Balaban J connectivity index is 2.27. The number of nitrogens with zero attached hydrogens (tertiary/aromatic N) is 1. The molecule has 132 valence electrons. The van der Waals surface area contributed by atoms with Gasteiger partial charge in [-0.05, 0) is 19.3 Å². The fraction of sp³-hybridized carbons (Fsp3) is 0.412. The summed E-state index contributed by atoms with van der Waals surface area (Å²) in [6.07, 6.45) is 3.59. The Kier molecular flexibility index (Phi) is 3.13. The molecule has 0 amide bonds. The largest absolute Gasteiger partial charge is 0.488 e. The summed E-state index contributed by atoms with van der Waals surface area (Å²) in [5.74, 6) is -4.56. The van der Waals surface area contributed by atoms with E-state index >= 15 is 0 Å². The molecule has 4 rings (SSSR count). The smallest absolute Gasteiger partial charge is 0.341 e. The number of nitrogen functional groups attached to an aromatic ring is 1. The number of hydrogen-bond acceptors (Lipinski definition) is 4. The number of carbonyl (C=O) groups is 1. The van der Waals surface area contributed by atoms with Gasteiger partial charge in [0.2, 0.25) is 11.2 Å². The molecular formula is C17H16F2N2O4. The third-order valence-corrected chi connectivity index (χ3v) is 5.65. The Morgan fingerprint density at radius 2 is 2.08 bits per heavy atom. The minimum Gasteiger partial charge on any atom is -0.488 e. The lowest BCUT2D eigenvalue weighted by atomic mass is 9.68. The van der Waals surface area contributed by atoms with Gasteiger partial charge in [0.05, 0.1) is 23.2 Å². The molecule has 1 fully saturated rings. The lowest BCUT2D eigenvalue weighted by Gasteiger charge is -2.47. The van der Waals surface area contributed by atoms with Gasteiger partial charge in [-0.1, -0.05) is 6.92 Å². The average Bonchev–Trinajstić information content (AvgIpc) is 2.64. The van der Waals surface area contributed by atoms with E-state index in [0.29, 0.717) is 0 Å². The predicted octanol–water partition coefficient (Wildman–Crippen LogP) is 2.47. The highest BCUT2D eigenvalue weighted by atomic mass is 19.2.